The number of benzene rings is 3. The Morgan fingerprint density at radius 1 is 0.738 bits per heavy atom. The lowest BCUT2D eigenvalue weighted by Gasteiger charge is -2.46. The molecule has 3 aromatic rings. The van der Waals surface area contributed by atoms with E-state index in [4.69, 9.17) is 36.4 Å². The number of carbonyl (C=O) groups excluding carboxylic acids is 1. The van der Waals surface area contributed by atoms with Gasteiger partial charge in [0.1, 0.15) is 5.92 Å². The molecule has 0 saturated heterocycles. The summed E-state index contributed by atoms with van der Waals surface area (Å²) in [7, 11) is 0. The first-order valence-electron chi connectivity index (χ1n) is 12.9. The average Bonchev–Trinajstić information content (AvgIpc) is 2.95. The number of rotatable bonds is 10. The molecule has 1 aliphatic rings. The minimum absolute atomic E-state index is 0.288. The number of amides is 1. The molecule has 220 valence electrons. The Labute approximate surface area is 245 Å². The Bertz CT molecular complexity index is 1390. The van der Waals surface area contributed by atoms with Crippen molar-refractivity contribution in [2.75, 3.05) is 0 Å². The smallest absolute Gasteiger partial charge is 0.450 e. The molecule has 0 aliphatic heterocycles. The Balaban J connectivity index is 1.60. The number of nitrogens with one attached hydrogen (secondary N) is 1. The van der Waals surface area contributed by atoms with Gasteiger partial charge in [0.15, 0.2) is 18.3 Å². The Hall–Kier alpha value is -4.77. The molecule has 12 heteroatoms. The van der Waals surface area contributed by atoms with Gasteiger partial charge in [-0.3, -0.25) is 4.79 Å². The minimum Gasteiger partial charge on any atom is -0.450 e. The molecule has 0 heterocycles. The zero-order valence-corrected chi connectivity index (χ0v) is 23.0. The summed E-state index contributed by atoms with van der Waals surface area (Å²) in [5.74, 6) is -2.56. The largest absolute Gasteiger partial charge is 0.506 e. The van der Waals surface area contributed by atoms with Crippen molar-refractivity contribution in [2.45, 2.75) is 43.6 Å². The van der Waals surface area contributed by atoms with Crippen LogP contribution in [0.4, 0.5) is 14.4 Å². The summed E-state index contributed by atoms with van der Waals surface area (Å²) >= 11 is 6.06. The van der Waals surface area contributed by atoms with Gasteiger partial charge in [-0.05, 0) is 47.7 Å². The van der Waals surface area contributed by atoms with Gasteiger partial charge >= 0.3 is 18.5 Å². The van der Waals surface area contributed by atoms with E-state index in [0.29, 0.717) is 11.4 Å². The van der Waals surface area contributed by atoms with Crippen LogP contribution < -0.4 is 5.32 Å². The summed E-state index contributed by atoms with van der Waals surface area (Å²) in [6.45, 7) is 1.76. The highest BCUT2D eigenvalue weighted by molar-refractivity contribution is 6.30. The lowest BCUT2D eigenvalue weighted by atomic mass is 9.74. The molecule has 1 fully saturated rings. The van der Waals surface area contributed by atoms with E-state index < -0.39 is 54.6 Å². The molecular weight excluding hydrogens is 570 g/mol. The van der Waals surface area contributed by atoms with E-state index >= 15 is 0 Å². The number of ether oxygens (including phenoxy) is 3. The first-order chi connectivity index (χ1) is 20.0. The molecule has 0 spiro atoms. The van der Waals surface area contributed by atoms with Crippen LogP contribution in [0.15, 0.2) is 78.9 Å². The van der Waals surface area contributed by atoms with Crippen molar-refractivity contribution < 1.29 is 48.7 Å². The van der Waals surface area contributed by atoms with E-state index in [1.807, 2.05) is 66.7 Å². The first kappa shape index (κ1) is 30.2. The highest BCUT2D eigenvalue weighted by Crippen LogP contribution is 2.38. The van der Waals surface area contributed by atoms with E-state index in [9.17, 15) is 19.2 Å². The number of carbonyl (C=O) groups is 4. The van der Waals surface area contributed by atoms with Gasteiger partial charge in [-0.2, -0.15) is 0 Å². The van der Waals surface area contributed by atoms with Crippen molar-refractivity contribution in [3.63, 3.8) is 0 Å². The summed E-state index contributed by atoms with van der Waals surface area (Å²) in [6, 6.07) is 24.4. The van der Waals surface area contributed by atoms with Gasteiger partial charge in [0.2, 0.25) is 5.91 Å². The van der Waals surface area contributed by atoms with Gasteiger partial charge in [0.05, 0.1) is 0 Å². The second-order valence-corrected chi connectivity index (χ2v) is 10.2. The summed E-state index contributed by atoms with van der Waals surface area (Å²) in [4.78, 5) is 47.1. The van der Waals surface area contributed by atoms with Gasteiger partial charge in [0.25, 0.3) is 0 Å². The summed E-state index contributed by atoms with van der Waals surface area (Å²) in [6.07, 6.45) is -9.80. The summed E-state index contributed by atoms with van der Waals surface area (Å²) < 4.78 is 14.0. The molecule has 0 unspecified atom stereocenters. The highest BCUT2D eigenvalue weighted by atomic mass is 35.5. The SMILES string of the molecule is C[C@H](NC(=O)C1[C@H](OC(=O)O)C(OC(=O)O)[C@H]1OC(=O)O)[C@H](Cc1ccc(Cl)cc1)c1ccc(-c2ccccc2)cc1. The Morgan fingerprint density at radius 2 is 1.24 bits per heavy atom. The second kappa shape index (κ2) is 13.3. The number of hydrogen-bond donors (Lipinski definition) is 4. The van der Waals surface area contributed by atoms with Crippen LogP contribution in [0.3, 0.4) is 0 Å². The normalized spacial score (nSPS) is 20.7. The topological polar surface area (TPSA) is 169 Å². The molecule has 4 N–H and O–H groups in total. The third-order valence-corrected chi connectivity index (χ3v) is 7.41. The monoisotopic (exact) mass is 597 g/mol. The van der Waals surface area contributed by atoms with Gasteiger partial charge < -0.3 is 34.8 Å². The lowest BCUT2D eigenvalue weighted by Crippen LogP contribution is -2.68. The fourth-order valence-corrected chi connectivity index (χ4v) is 5.26. The number of carboxylic acid groups (broad SMARTS) is 3. The lowest BCUT2D eigenvalue weighted by molar-refractivity contribution is -0.207. The maximum absolute atomic E-state index is 13.4. The van der Waals surface area contributed by atoms with E-state index in [0.717, 1.165) is 22.3 Å². The maximum atomic E-state index is 13.4. The first-order valence-corrected chi connectivity index (χ1v) is 13.3. The van der Waals surface area contributed by atoms with Gasteiger partial charge in [-0.25, -0.2) is 14.4 Å². The van der Waals surface area contributed by atoms with E-state index in [-0.39, 0.29) is 5.92 Å². The fraction of sp³-hybridized carbons (Fsp3) is 0.267. The molecule has 1 aliphatic carbocycles. The van der Waals surface area contributed by atoms with Crippen molar-refractivity contribution in [3.8, 4) is 11.1 Å². The zero-order valence-electron chi connectivity index (χ0n) is 22.3. The van der Waals surface area contributed by atoms with Crippen LogP contribution in [-0.4, -0.2) is 64.0 Å². The summed E-state index contributed by atoms with van der Waals surface area (Å²) in [5, 5.41) is 30.7. The van der Waals surface area contributed by atoms with Crippen molar-refractivity contribution in [2.24, 2.45) is 5.92 Å². The maximum Gasteiger partial charge on any atom is 0.506 e. The van der Waals surface area contributed by atoms with Crippen LogP contribution >= 0.6 is 11.6 Å². The molecule has 0 radical (unpaired) electrons. The highest BCUT2D eigenvalue weighted by Gasteiger charge is 2.62. The third kappa shape index (κ3) is 7.29. The van der Waals surface area contributed by atoms with Crippen molar-refractivity contribution in [1.29, 1.82) is 0 Å². The van der Waals surface area contributed by atoms with Gasteiger partial charge in [0, 0.05) is 17.0 Å². The summed E-state index contributed by atoms with van der Waals surface area (Å²) in [5.41, 5.74) is 3.88. The Kier molecular flexibility index (Phi) is 9.53. The molecule has 4 rings (SSSR count). The molecular formula is C30H28ClNO10. The van der Waals surface area contributed by atoms with Crippen LogP contribution in [0.1, 0.15) is 24.0 Å². The molecule has 0 bridgehead atoms. The zero-order chi connectivity index (χ0) is 30.4. The molecule has 0 aromatic heterocycles. The number of halogens is 1. The van der Waals surface area contributed by atoms with Crippen molar-refractivity contribution >= 4 is 36.0 Å². The molecule has 11 nitrogen and oxygen atoms in total. The molecule has 4 atom stereocenters. The molecule has 42 heavy (non-hydrogen) atoms. The third-order valence-electron chi connectivity index (χ3n) is 7.16. The molecule has 1 amide bonds. The van der Waals surface area contributed by atoms with Crippen LogP contribution in [0.25, 0.3) is 11.1 Å². The predicted octanol–water partition coefficient (Wildman–Crippen LogP) is 5.66. The van der Waals surface area contributed by atoms with E-state index in [2.05, 4.69) is 10.1 Å². The standard InChI is InChI=1S/C30H28ClNO10/c1-16(32-27(33)23-24(40-28(34)35)26(42-30(38)39)25(23)41-29(36)37)22(15-17-7-13-21(31)14-8-17)20-11-9-19(10-12-20)18-5-3-2-4-6-18/h2-14,16,22-26H,15H2,1H3,(H,32,33)(H,34,35)(H,36,37)(H,38,39)/t16-,22-,23?,24-,25-,26?/m0/s1. The van der Waals surface area contributed by atoms with Crippen molar-refractivity contribution in [1.82, 2.24) is 5.32 Å². The number of hydrogen-bond acceptors (Lipinski definition) is 7. The van der Waals surface area contributed by atoms with E-state index in [1.165, 1.54) is 0 Å². The molecule has 1 saturated carbocycles. The van der Waals surface area contributed by atoms with Gasteiger partial charge in [-0.1, -0.05) is 78.3 Å². The minimum atomic E-state index is -1.81. The van der Waals surface area contributed by atoms with Crippen LogP contribution in [-0.2, 0) is 25.4 Å². The van der Waals surface area contributed by atoms with E-state index in [1.54, 1.807) is 19.1 Å². The van der Waals surface area contributed by atoms with Crippen LogP contribution in [0.2, 0.25) is 5.02 Å². The quantitative estimate of drug-likeness (QED) is 0.169. The predicted molar refractivity (Wildman–Crippen MR) is 150 cm³/mol. The van der Waals surface area contributed by atoms with Crippen LogP contribution in [0.5, 0.6) is 0 Å². The fourth-order valence-electron chi connectivity index (χ4n) is 5.13. The Morgan fingerprint density at radius 3 is 1.76 bits per heavy atom. The molecule has 3 aromatic carbocycles. The average molecular weight is 598 g/mol. The van der Waals surface area contributed by atoms with Gasteiger partial charge in [-0.15, -0.1) is 0 Å². The second-order valence-electron chi connectivity index (χ2n) is 9.79. The van der Waals surface area contributed by atoms with Crippen LogP contribution in [0, 0.1) is 5.92 Å². The van der Waals surface area contributed by atoms with Crippen molar-refractivity contribution in [3.05, 3.63) is 95.0 Å².